The molecule has 0 fully saturated rings. The van der Waals surface area contributed by atoms with Crippen molar-refractivity contribution in [3.8, 4) is 0 Å². The molecule has 0 saturated carbocycles. The van der Waals surface area contributed by atoms with Crippen molar-refractivity contribution in [2.45, 2.75) is 11.4 Å². The number of nitro benzene ring substituents is 1. The summed E-state index contributed by atoms with van der Waals surface area (Å²) in [5.41, 5.74) is 1.69. The molecular formula is C10H11N5O5S. The number of aromatic nitrogens is 1. The van der Waals surface area contributed by atoms with Gasteiger partial charge in [0.25, 0.3) is 5.69 Å². The fraction of sp³-hybridized carbons (Fsp3) is 0.100. The van der Waals surface area contributed by atoms with Crippen LogP contribution in [0.4, 0.5) is 11.4 Å². The Hall–Kier alpha value is -2.50. The van der Waals surface area contributed by atoms with Crippen molar-refractivity contribution in [2.75, 3.05) is 5.43 Å². The molecule has 2 rings (SSSR count). The number of hydrazine groups is 1. The summed E-state index contributed by atoms with van der Waals surface area (Å²) in [7, 11) is -3.93. The first kappa shape index (κ1) is 14.9. The second kappa shape index (κ2) is 5.87. The third kappa shape index (κ3) is 3.34. The zero-order chi connectivity index (χ0) is 15.5. The lowest BCUT2D eigenvalue weighted by Crippen LogP contribution is -2.23. The SMILES string of the molecule is NNc1ccc(S(=O)(=O)NCc2ccno2)cc1[N+](=O)[O-]. The van der Waals surface area contributed by atoms with Gasteiger partial charge in [0.05, 0.1) is 22.6 Å². The standard InChI is InChI=1S/C10H11N5O5S/c11-14-9-2-1-8(5-10(9)15(16)17)21(18,19)13-6-7-3-4-12-20-7/h1-5,13-14H,6,11H2. The molecule has 2 aromatic rings. The van der Waals surface area contributed by atoms with Gasteiger partial charge in [0, 0.05) is 12.1 Å². The van der Waals surface area contributed by atoms with E-state index < -0.39 is 20.6 Å². The number of benzene rings is 1. The molecule has 0 aliphatic heterocycles. The van der Waals surface area contributed by atoms with Crippen molar-refractivity contribution in [1.29, 1.82) is 0 Å². The summed E-state index contributed by atoms with van der Waals surface area (Å²) in [5, 5.41) is 14.3. The van der Waals surface area contributed by atoms with E-state index in [4.69, 9.17) is 10.4 Å². The number of nitrogens with one attached hydrogen (secondary N) is 2. The Morgan fingerprint density at radius 3 is 2.71 bits per heavy atom. The van der Waals surface area contributed by atoms with Gasteiger partial charge in [-0.2, -0.15) is 0 Å². The monoisotopic (exact) mass is 313 g/mol. The van der Waals surface area contributed by atoms with E-state index in [-0.39, 0.29) is 17.1 Å². The first-order valence-corrected chi connectivity index (χ1v) is 7.06. The van der Waals surface area contributed by atoms with Gasteiger partial charge in [-0.05, 0) is 12.1 Å². The van der Waals surface area contributed by atoms with E-state index in [0.717, 1.165) is 6.07 Å². The summed E-state index contributed by atoms with van der Waals surface area (Å²) in [6.45, 7) is -0.118. The van der Waals surface area contributed by atoms with E-state index in [9.17, 15) is 18.5 Å². The Bertz CT molecular complexity index is 743. The second-order valence-electron chi connectivity index (χ2n) is 3.88. The number of hydrogen-bond acceptors (Lipinski definition) is 8. The minimum atomic E-state index is -3.93. The number of nitrogens with zero attached hydrogens (tertiary/aromatic N) is 2. The highest BCUT2D eigenvalue weighted by Gasteiger charge is 2.21. The molecule has 0 atom stereocenters. The minimum Gasteiger partial charge on any atom is -0.360 e. The van der Waals surface area contributed by atoms with Crippen LogP contribution in [0.15, 0.2) is 39.9 Å². The van der Waals surface area contributed by atoms with Crippen LogP contribution in [0.25, 0.3) is 0 Å². The number of nitro groups is 1. The second-order valence-corrected chi connectivity index (χ2v) is 5.65. The van der Waals surface area contributed by atoms with Crippen molar-refractivity contribution >= 4 is 21.4 Å². The average molecular weight is 313 g/mol. The van der Waals surface area contributed by atoms with Gasteiger partial charge in [0.2, 0.25) is 10.0 Å². The van der Waals surface area contributed by atoms with Crippen molar-refractivity contribution in [3.05, 3.63) is 46.3 Å². The van der Waals surface area contributed by atoms with Gasteiger partial charge in [-0.25, -0.2) is 13.1 Å². The summed E-state index contributed by atoms with van der Waals surface area (Å²) >= 11 is 0. The van der Waals surface area contributed by atoms with E-state index in [0.29, 0.717) is 5.76 Å². The lowest BCUT2D eigenvalue weighted by molar-refractivity contribution is -0.384. The van der Waals surface area contributed by atoms with Crippen LogP contribution in [0.3, 0.4) is 0 Å². The van der Waals surface area contributed by atoms with Crippen LogP contribution in [0.2, 0.25) is 0 Å². The first-order valence-electron chi connectivity index (χ1n) is 5.58. The smallest absolute Gasteiger partial charge is 0.294 e. The Balaban J connectivity index is 2.27. The molecule has 0 aliphatic rings. The highest BCUT2D eigenvalue weighted by atomic mass is 32.2. The van der Waals surface area contributed by atoms with Crippen LogP contribution >= 0.6 is 0 Å². The fourth-order valence-corrected chi connectivity index (χ4v) is 2.55. The summed E-state index contributed by atoms with van der Waals surface area (Å²) in [6.07, 6.45) is 1.37. The molecule has 11 heteroatoms. The summed E-state index contributed by atoms with van der Waals surface area (Å²) in [4.78, 5) is 9.89. The van der Waals surface area contributed by atoms with Crippen LogP contribution in [0, 0.1) is 10.1 Å². The highest BCUT2D eigenvalue weighted by Crippen LogP contribution is 2.26. The van der Waals surface area contributed by atoms with E-state index in [2.05, 4.69) is 15.3 Å². The number of rotatable bonds is 6. The third-order valence-corrected chi connectivity index (χ3v) is 3.96. The highest BCUT2D eigenvalue weighted by molar-refractivity contribution is 7.89. The van der Waals surface area contributed by atoms with Gasteiger partial charge >= 0.3 is 0 Å². The largest absolute Gasteiger partial charge is 0.360 e. The Morgan fingerprint density at radius 1 is 1.38 bits per heavy atom. The molecule has 0 unspecified atom stereocenters. The lowest BCUT2D eigenvalue weighted by atomic mass is 10.3. The molecule has 1 aromatic carbocycles. The maximum absolute atomic E-state index is 12.1. The van der Waals surface area contributed by atoms with Crippen molar-refractivity contribution in [2.24, 2.45) is 5.84 Å². The van der Waals surface area contributed by atoms with Gasteiger partial charge in [0.15, 0.2) is 5.76 Å². The number of sulfonamides is 1. The molecular weight excluding hydrogens is 302 g/mol. The Morgan fingerprint density at radius 2 is 2.14 bits per heavy atom. The quantitative estimate of drug-likeness (QED) is 0.392. The molecule has 0 radical (unpaired) electrons. The Kier molecular flexibility index (Phi) is 4.16. The molecule has 0 spiro atoms. The maximum atomic E-state index is 12.1. The van der Waals surface area contributed by atoms with Crippen LogP contribution < -0.4 is 16.0 Å². The number of nitrogen functional groups attached to an aromatic ring is 1. The fourth-order valence-electron chi connectivity index (χ4n) is 1.53. The molecule has 112 valence electrons. The molecule has 10 nitrogen and oxygen atoms in total. The molecule has 0 aliphatic carbocycles. The van der Waals surface area contributed by atoms with E-state index in [1.54, 1.807) is 0 Å². The van der Waals surface area contributed by atoms with Crippen LogP contribution in [0.5, 0.6) is 0 Å². The zero-order valence-corrected chi connectivity index (χ0v) is 11.3. The van der Waals surface area contributed by atoms with Crippen molar-refractivity contribution < 1.29 is 17.9 Å². The topological polar surface area (TPSA) is 153 Å². The molecule has 1 aromatic heterocycles. The summed E-state index contributed by atoms with van der Waals surface area (Å²) in [5.74, 6) is 5.44. The zero-order valence-electron chi connectivity index (χ0n) is 10.5. The van der Waals surface area contributed by atoms with Crippen molar-refractivity contribution in [3.63, 3.8) is 0 Å². The van der Waals surface area contributed by atoms with E-state index >= 15 is 0 Å². The van der Waals surface area contributed by atoms with Gasteiger partial charge in [-0.1, -0.05) is 5.16 Å². The van der Waals surface area contributed by atoms with Crippen LogP contribution in [0.1, 0.15) is 5.76 Å². The number of anilines is 1. The van der Waals surface area contributed by atoms with Gasteiger partial charge in [-0.3, -0.25) is 16.0 Å². The minimum absolute atomic E-state index is 0.00850. The third-order valence-electron chi connectivity index (χ3n) is 2.56. The molecule has 4 N–H and O–H groups in total. The molecule has 21 heavy (non-hydrogen) atoms. The maximum Gasteiger partial charge on any atom is 0.294 e. The molecule has 1 heterocycles. The van der Waals surface area contributed by atoms with Crippen LogP contribution in [-0.2, 0) is 16.6 Å². The predicted molar refractivity (Wildman–Crippen MR) is 71.4 cm³/mol. The molecule has 0 bridgehead atoms. The van der Waals surface area contributed by atoms with E-state index in [1.165, 1.54) is 24.4 Å². The Labute approximate surface area is 119 Å². The normalized spacial score (nSPS) is 11.3. The first-order chi connectivity index (χ1) is 9.94. The predicted octanol–water partition coefficient (Wildman–Crippen LogP) is 0.347. The summed E-state index contributed by atoms with van der Waals surface area (Å²) in [6, 6.07) is 4.82. The van der Waals surface area contributed by atoms with Crippen molar-refractivity contribution in [1.82, 2.24) is 9.88 Å². The van der Waals surface area contributed by atoms with Gasteiger partial charge < -0.3 is 9.95 Å². The van der Waals surface area contributed by atoms with Gasteiger partial charge in [0.1, 0.15) is 5.69 Å². The number of nitrogens with two attached hydrogens (primary N) is 1. The van der Waals surface area contributed by atoms with Gasteiger partial charge in [-0.15, -0.1) is 0 Å². The van der Waals surface area contributed by atoms with Crippen LogP contribution in [-0.4, -0.2) is 18.5 Å². The summed E-state index contributed by atoms with van der Waals surface area (Å²) < 4.78 is 31.1. The number of hydrogen-bond donors (Lipinski definition) is 3. The lowest BCUT2D eigenvalue weighted by Gasteiger charge is -2.07. The molecule has 0 saturated heterocycles. The average Bonchev–Trinajstić information content (AvgIpc) is 2.97. The van der Waals surface area contributed by atoms with E-state index in [1.807, 2.05) is 0 Å². The molecule has 0 amide bonds.